The monoisotopic (exact) mass is 308 g/mol. The van der Waals surface area contributed by atoms with Gasteiger partial charge in [0.25, 0.3) is 5.91 Å². The van der Waals surface area contributed by atoms with Gasteiger partial charge in [-0.05, 0) is 25.7 Å². The Morgan fingerprint density at radius 1 is 1.57 bits per heavy atom. The first-order valence-corrected chi connectivity index (χ1v) is 7.97. The van der Waals surface area contributed by atoms with Gasteiger partial charge in [0.2, 0.25) is 0 Å². The summed E-state index contributed by atoms with van der Waals surface area (Å²) in [6, 6.07) is 0. The summed E-state index contributed by atoms with van der Waals surface area (Å²) in [5, 5.41) is 8.06. The number of anilines is 1. The van der Waals surface area contributed by atoms with Crippen LogP contribution in [0.2, 0.25) is 0 Å². The molecular formula is C14H20N4O2S. The van der Waals surface area contributed by atoms with Gasteiger partial charge in [-0.1, -0.05) is 0 Å². The molecule has 7 heteroatoms. The fourth-order valence-corrected chi connectivity index (χ4v) is 3.45. The van der Waals surface area contributed by atoms with E-state index in [9.17, 15) is 4.79 Å². The Kier molecular flexibility index (Phi) is 3.86. The van der Waals surface area contributed by atoms with Crippen LogP contribution in [0.5, 0.6) is 0 Å². The van der Waals surface area contributed by atoms with Crippen molar-refractivity contribution in [2.45, 2.75) is 19.8 Å². The first kappa shape index (κ1) is 14.3. The highest BCUT2D eigenvalue weighted by Gasteiger charge is 2.22. The molecule has 2 heterocycles. The molecule has 0 aliphatic heterocycles. The number of nitrogens with zero attached hydrogens (tertiary/aromatic N) is 2. The number of nitrogens with two attached hydrogens (primary N) is 1. The van der Waals surface area contributed by atoms with Crippen molar-refractivity contribution in [3.63, 3.8) is 0 Å². The largest absolute Gasteiger partial charge is 0.397 e. The first-order valence-electron chi connectivity index (χ1n) is 7.15. The third kappa shape index (κ3) is 2.89. The number of carbonyl (C=O) groups is 1. The van der Waals surface area contributed by atoms with Crippen LogP contribution in [0.1, 0.15) is 28.2 Å². The third-order valence-corrected chi connectivity index (χ3v) is 4.94. The van der Waals surface area contributed by atoms with Crippen LogP contribution in [0.15, 0.2) is 0 Å². The first-order chi connectivity index (χ1) is 10.1. The van der Waals surface area contributed by atoms with Crippen LogP contribution in [0, 0.1) is 12.8 Å². The number of nitrogens with one attached hydrogen (secondary N) is 1. The maximum absolute atomic E-state index is 12.2. The molecule has 21 heavy (non-hydrogen) atoms. The van der Waals surface area contributed by atoms with E-state index in [-0.39, 0.29) is 5.91 Å². The SMILES string of the molecule is Cc1nn(C)c2sc(C(=O)NCCOCC3CC3)c(N)c12. The van der Waals surface area contributed by atoms with Gasteiger partial charge in [0.05, 0.1) is 23.4 Å². The van der Waals surface area contributed by atoms with Gasteiger partial charge in [0, 0.05) is 20.2 Å². The second kappa shape index (κ2) is 5.65. The lowest BCUT2D eigenvalue weighted by Gasteiger charge is -2.05. The number of ether oxygens (including phenoxy) is 1. The van der Waals surface area contributed by atoms with Crippen LogP contribution in [-0.2, 0) is 11.8 Å². The molecule has 1 fully saturated rings. The van der Waals surface area contributed by atoms with E-state index in [1.165, 1.54) is 24.2 Å². The standard InChI is InChI=1S/C14H20N4O2S/c1-8-10-11(15)12(21-14(10)18(2)17-8)13(19)16-5-6-20-7-9-3-4-9/h9H,3-7,15H2,1-2H3,(H,16,19). The zero-order valence-corrected chi connectivity index (χ0v) is 13.1. The Bertz CT molecular complexity index is 672. The predicted octanol–water partition coefficient (Wildman–Crippen LogP) is 1.68. The number of fused-ring (bicyclic) bond motifs is 1. The molecule has 1 aliphatic rings. The lowest BCUT2D eigenvalue weighted by atomic mass is 10.2. The van der Waals surface area contributed by atoms with E-state index in [0.29, 0.717) is 23.7 Å². The number of carbonyl (C=O) groups excluding carboxylic acids is 1. The molecule has 114 valence electrons. The summed E-state index contributed by atoms with van der Waals surface area (Å²) in [6.07, 6.45) is 2.55. The van der Waals surface area contributed by atoms with E-state index in [1.807, 2.05) is 14.0 Å². The van der Waals surface area contributed by atoms with E-state index >= 15 is 0 Å². The van der Waals surface area contributed by atoms with Crippen molar-refractivity contribution in [2.24, 2.45) is 13.0 Å². The van der Waals surface area contributed by atoms with Gasteiger partial charge in [-0.15, -0.1) is 11.3 Å². The van der Waals surface area contributed by atoms with Gasteiger partial charge in [-0.2, -0.15) is 5.10 Å². The lowest BCUT2D eigenvalue weighted by Crippen LogP contribution is -2.27. The molecule has 0 bridgehead atoms. The maximum atomic E-state index is 12.2. The molecule has 1 aliphatic carbocycles. The third-order valence-electron chi connectivity index (χ3n) is 3.67. The van der Waals surface area contributed by atoms with E-state index in [4.69, 9.17) is 10.5 Å². The van der Waals surface area contributed by atoms with Crippen LogP contribution in [0.25, 0.3) is 10.2 Å². The Hall–Kier alpha value is -1.60. The fourth-order valence-electron chi connectivity index (χ4n) is 2.35. The summed E-state index contributed by atoms with van der Waals surface area (Å²) >= 11 is 1.38. The predicted molar refractivity (Wildman–Crippen MR) is 83.6 cm³/mol. The van der Waals surface area contributed by atoms with Gasteiger partial charge >= 0.3 is 0 Å². The minimum atomic E-state index is -0.136. The molecule has 0 radical (unpaired) electrons. The number of thiophene rings is 1. The Morgan fingerprint density at radius 2 is 2.33 bits per heavy atom. The van der Waals surface area contributed by atoms with Gasteiger partial charge in [-0.3, -0.25) is 9.48 Å². The topological polar surface area (TPSA) is 82.2 Å². The highest BCUT2D eigenvalue weighted by atomic mass is 32.1. The summed E-state index contributed by atoms with van der Waals surface area (Å²) in [6.45, 7) is 3.77. The molecule has 6 nitrogen and oxygen atoms in total. The number of hydrogen-bond acceptors (Lipinski definition) is 5. The molecule has 0 atom stereocenters. The molecule has 0 aromatic carbocycles. The fraction of sp³-hybridized carbons (Fsp3) is 0.571. The molecule has 0 spiro atoms. The number of aryl methyl sites for hydroxylation is 2. The molecule has 0 unspecified atom stereocenters. The van der Waals surface area contributed by atoms with Crippen molar-refractivity contribution in [1.29, 1.82) is 0 Å². The van der Waals surface area contributed by atoms with Gasteiger partial charge in [-0.25, -0.2) is 0 Å². The molecule has 1 saturated carbocycles. The van der Waals surface area contributed by atoms with Gasteiger partial charge in [0.15, 0.2) is 0 Å². The Labute approximate surface area is 127 Å². The van der Waals surface area contributed by atoms with Crippen LogP contribution in [0.4, 0.5) is 5.69 Å². The van der Waals surface area contributed by atoms with Crippen LogP contribution in [0.3, 0.4) is 0 Å². The summed E-state index contributed by atoms with van der Waals surface area (Å²) in [7, 11) is 1.86. The summed E-state index contributed by atoms with van der Waals surface area (Å²) in [5.41, 5.74) is 7.48. The second-order valence-electron chi connectivity index (χ2n) is 5.51. The summed E-state index contributed by atoms with van der Waals surface area (Å²) in [5.74, 6) is 0.609. The Morgan fingerprint density at radius 3 is 3.00 bits per heavy atom. The molecule has 3 rings (SSSR count). The minimum absolute atomic E-state index is 0.136. The van der Waals surface area contributed by atoms with Crippen molar-refractivity contribution in [2.75, 3.05) is 25.5 Å². The highest BCUT2D eigenvalue weighted by Crippen LogP contribution is 2.35. The lowest BCUT2D eigenvalue weighted by molar-refractivity contribution is 0.0911. The van der Waals surface area contributed by atoms with E-state index < -0.39 is 0 Å². The van der Waals surface area contributed by atoms with Crippen LogP contribution >= 0.6 is 11.3 Å². The average molecular weight is 308 g/mol. The molecular weight excluding hydrogens is 288 g/mol. The Balaban J connectivity index is 1.61. The zero-order chi connectivity index (χ0) is 15.0. The summed E-state index contributed by atoms with van der Waals surface area (Å²) in [4.78, 5) is 13.7. The number of aromatic nitrogens is 2. The molecule has 3 N–H and O–H groups in total. The zero-order valence-electron chi connectivity index (χ0n) is 12.3. The van der Waals surface area contributed by atoms with Crippen molar-refractivity contribution in [1.82, 2.24) is 15.1 Å². The maximum Gasteiger partial charge on any atom is 0.263 e. The van der Waals surface area contributed by atoms with Crippen molar-refractivity contribution in [3.05, 3.63) is 10.6 Å². The van der Waals surface area contributed by atoms with E-state index in [2.05, 4.69) is 10.4 Å². The normalized spacial score (nSPS) is 14.8. The van der Waals surface area contributed by atoms with Crippen molar-refractivity contribution in [3.8, 4) is 0 Å². The number of nitrogen functional groups attached to an aromatic ring is 1. The molecule has 0 saturated heterocycles. The van der Waals surface area contributed by atoms with Crippen molar-refractivity contribution < 1.29 is 9.53 Å². The van der Waals surface area contributed by atoms with E-state index in [0.717, 1.165) is 28.4 Å². The van der Waals surface area contributed by atoms with Crippen LogP contribution < -0.4 is 11.1 Å². The van der Waals surface area contributed by atoms with E-state index in [1.54, 1.807) is 4.68 Å². The average Bonchev–Trinajstić information content (AvgIpc) is 3.13. The summed E-state index contributed by atoms with van der Waals surface area (Å²) < 4.78 is 7.26. The molecule has 2 aromatic rings. The van der Waals surface area contributed by atoms with Gasteiger partial charge in [0.1, 0.15) is 9.71 Å². The second-order valence-corrected chi connectivity index (χ2v) is 6.51. The molecule has 1 amide bonds. The van der Waals surface area contributed by atoms with Crippen LogP contribution in [-0.4, -0.2) is 35.4 Å². The minimum Gasteiger partial charge on any atom is -0.397 e. The number of rotatable bonds is 6. The smallest absolute Gasteiger partial charge is 0.263 e. The number of amides is 1. The van der Waals surface area contributed by atoms with Gasteiger partial charge < -0.3 is 15.8 Å². The molecule has 2 aromatic heterocycles. The quantitative estimate of drug-likeness (QED) is 0.796. The highest BCUT2D eigenvalue weighted by molar-refractivity contribution is 7.21. The van der Waals surface area contributed by atoms with Crippen molar-refractivity contribution >= 4 is 33.1 Å². The number of hydrogen-bond donors (Lipinski definition) is 2.